The van der Waals surface area contributed by atoms with E-state index in [9.17, 15) is 22.4 Å². The summed E-state index contributed by atoms with van der Waals surface area (Å²) in [7, 11) is -2.41. The van der Waals surface area contributed by atoms with Gasteiger partial charge in [-0.3, -0.25) is 13.9 Å². The Morgan fingerprint density at radius 3 is 2.31 bits per heavy atom. The number of hydrogen-bond donors (Lipinski definition) is 1. The lowest BCUT2D eigenvalue weighted by Crippen LogP contribution is -2.50. The first-order valence-corrected chi connectivity index (χ1v) is 10.8. The lowest BCUT2D eigenvalue weighted by atomic mass is 10.1. The van der Waals surface area contributed by atoms with Crippen molar-refractivity contribution in [2.45, 2.75) is 19.5 Å². The molecule has 0 aromatic heterocycles. The van der Waals surface area contributed by atoms with Gasteiger partial charge in [0.25, 0.3) is 0 Å². The number of rotatable bonds is 8. The maximum Gasteiger partial charge on any atom is 0.244 e. The molecule has 0 fully saturated rings. The average molecular weight is 421 g/mol. The molecule has 0 aliphatic carbocycles. The van der Waals surface area contributed by atoms with Gasteiger partial charge in [-0.1, -0.05) is 36.4 Å². The van der Waals surface area contributed by atoms with Crippen molar-refractivity contribution in [1.82, 2.24) is 10.2 Å². The number of nitrogens with zero attached hydrogens (tertiary/aromatic N) is 2. The van der Waals surface area contributed by atoms with E-state index < -0.39 is 34.3 Å². The zero-order chi connectivity index (χ0) is 21.6. The molecule has 9 heteroatoms. The van der Waals surface area contributed by atoms with E-state index in [4.69, 9.17) is 0 Å². The van der Waals surface area contributed by atoms with Crippen molar-refractivity contribution in [2.24, 2.45) is 0 Å². The first-order chi connectivity index (χ1) is 13.6. The summed E-state index contributed by atoms with van der Waals surface area (Å²) in [5, 5.41) is 2.49. The summed E-state index contributed by atoms with van der Waals surface area (Å²) >= 11 is 0. The Kier molecular flexibility index (Phi) is 7.33. The largest absolute Gasteiger partial charge is 0.357 e. The third kappa shape index (κ3) is 6.02. The van der Waals surface area contributed by atoms with Crippen LogP contribution in [-0.2, 0) is 26.2 Å². The molecule has 1 unspecified atom stereocenters. The molecule has 2 amide bonds. The van der Waals surface area contributed by atoms with Gasteiger partial charge in [0.1, 0.15) is 18.4 Å². The molecule has 7 nitrogen and oxygen atoms in total. The minimum atomic E-state index is -3.87. The normalized spacial score (nSPS) is 12.1. The van der Waals surface area contributed by atoms with Crippen molar-refractivity contribution in [1.29, 1.82) is 0 Å². The van der Waals surface area contributed by atoms with Crippen LogP contribution in [0.2, 0.25) is 0 Å². The standard InChI is InChI=1S/C20H24FN3O4S/c1-15(20(26)22-2)23(13-16-8-5-4-6-9-16)19(25)14-24(29(3,27)28)18-11-7-10-17(21)12-18/h4-12,15H,13-14H2,1-3H3,(H,22,26). The van der Waals surface area contributed by atoms with Crippen LogP contribution in [-0.4, -0.2) is 51.0 Å². The summed E-state index contributed by atoms with van der Waals surface area (Å²) < 4.78 is 39.0. The molecule has 1 N–H and O–H groups in total. The van der Waals surface area contributed by atoms with Crippen LogP contribution in [0.1, 0.15) is 12.5 Å². The number of benzene rings is 2. The molecule has 2 aromatic rings. The Morgan fingerprint density at radius 1 is 1.10 bits per heavy atom. The van der Waals surface area contributed by atoms with Gasteiger partial charge >= 0.3 is 0 Å². The van der Waals surface area contributed by atoms with Gasteiger partial charge in [0.05, 0.1) is 11.9 Å². The van der Waals surface area contributed by atoms with E-state index in [0.717, 1.165) is 22.2 Å². The Balaban J connectivity index is 2.36. The van der Waals surface area contributed by atoms with Crippen molar-refractivity contribution in [3.63, 3.8) is 0 Å². The number of nitrogens with one attached hydrogen (secondary N) is 1. The van der Waals surface area contributed by atoms with Crippen LogP contribution >= 0.6 is 0 Å². The monoisotopic (exact) mass is 421 g/mol. The van der Waals surface area contributed by atoms with Gasteiger partial charge in [-0.2, -0.15) is 0 Å². The average Bonchev–Trinajstić information content (AvgIpc) is 2.68. The highest BCUT2D eigenvalue weighted by atomic mass is 32.2. The van der Waals surface area contributed by atoms with E-state index >= 15 is 0 Å². The summed E-state index contributed by atoms with van der Waals surface area (Å²) in [6, 6.07) is 13.2. The molecule has 0 saturated heterocycles. The molecular weight excluding hydrogens is 397 g/mol. The van der Waals surface area contributed by atoms with E-state index in [-0.39, 0.29) is 18.1 Å². The van der Waals surface area contributed by atoms with Gasteiger partial charge in [0.2, 0.25) is 21.8 Å². The Morgan fingerprint density at radius 2 is 1.76 bits per heavy atom. The smallest absolute Gasteiger partial charge is 0.244 e. The van der Waals surface area contributed by atoms with Crippen molar-refractivity contribution >= 4 is 27.5 Å². The van der Waals surface area contributed by atoms with Crippen LogP contribution in [0.15, 0.2) is 54.6 Å². The maximum absolute atomic E-state index is 13.6. The highest BCUT2D eigenvalue weighted by Gasteiger charge is 2.29. The number of anilines is 1. The summed E-state index contributed by atoms with van der Waals surface area (Å²) in [5.41, 5.74) is 0.821. The number of halogens is 1. The van der Waals surface area contributed by atoms with E-state index in [1.807, 2.05) is 6.07 Å². The number of sulfonamides is 1. The molecule has 2 aromatic carbocycles. The lowest BCUT2D eigenvalue weighted by Gasteiger charge is -2.31. The highest BCUT2D eigenvalue weighted by molar-refractivity contribution is 7.92. The Bertz CT molecular complexity index is 967. The molecule has 0 spiro atoms. The number of amides is 2. The minimum absolute atomic E-state index is 0.0353. The van der Waals surface area contributed by atoms with Crippen molar-refractivity contribution < 1.29 is 22.4 Å². The topological polar surface area (TPSA) is 86.8 Å². The highest BCUT2D eigenvalue weighted by Crippen LogP contribution is 2.20. The molecule has 1 atom stereocenters. The SMILES string of the molecule is CNC(=O)C(C)N(Cc1ccccc1)C(=O)CN(c1cccc(F)c1)S(C)(=O)=O. The molecule has 0 aliphatic rings. The second kappa shape index (κ2) is 9.51. The first-order valence-electron chi connectivity index (χ1n) is 8.91. The van der Waals surface area contributed by atoms with E-state index in [1.165, 1.54) is 30.1 Å². The molecular formula is C20H24FN3O4S. The molecule has 0 saturated carbocycles. The quantitative estimate of drug-likeness (QED) is 0.704. The van der Waals surface area contributed by atoms with Crippen LogP contribution < -0.4 is 9.62 Å². The number of carbonyl (C=O) groups is 2. The zero-order valence-corrected chi connectivity index (χ0v) is 17.3. The van der Waals surface area contributed by atoms with Crippen molar-refractivity contribution in [2.75, 3.05) is 24.2 Å². The van der Waals surface area contributed by atoms with Gasteiger partial charge < -0.3 is 10.2 Å². The fourth-order valence-corrected chi connectivity index (χ4v) is 3.66. The molecule has 0 bridgehead atoms. The molecule has 2 rings (SSSR count). The summed E-state index contributed by atoms with van der Waals surface area (Å²) in [6.45, 7) is 1.12. The Hall–Kier alpha value is -2.94. The van der Waals surface area contributed by atoms with Crippen molar-refractivity contribution in [3.05, 3.63) is 66.0 Å². The van der Waals surface area contributed by atoms with Crippen molar-refractivity contribution in [3.8, 4) is 0 Å². The molecule has 0 heterocycles. The maximum atomic E-state index is 13.6. The molecule has 156 valence electrons. The van der Waals surface area contributed by atoms with E-state index in [0.29, 0.717) is 0 Å². The van der Waals surface area contributed by atoms with Gasteiger partial charge in [-0.05, 0) is 30.7 Å². The van der Waals surface area contributed by atoms with Gasteiger partial charge in [0.15, 0.2) is 0 Å². The Labute approximate surface area is 170 Å². The van der Waals surface area contributed by atoms with Gasteiger partial charge in [-0.15, -0.1) is 0 Å². The van der Waals surface area contributed by atoms with Crippen LogP contribution in [0.3, 0.4) is 0 Å². The fourth-order valence-electron chi connectivity index (χ4n) is 2.82. The van der Waals surface area contributed by atoms with E-state index in [1.54, 1.807) is 31.2 Å². The second-order valence-electron chi connectivity index (χ2n) is 6.55. The van der Waals surface area contributed by atoms with Gasteiger partial charge in [0, 0.05) is 13.6 Å². The summed E-state index contributed by atoms with van der Waals surface area (Å²) in [5.74, 6) is -1.59. The third-order valence-corrected chi connectivity index (χ3v) is 5.53. The molecule has 29 heavy (non-hydrogen) atoms. The van der Waals surface area contributed by atoms with Crippen LogP contribution in [0.5, 0.6) is 0 Å². The van der Waals surface area contributed by atoms with Gasteiger partial charge in [-0.25, -0.2) is 12.8 Å². The third-order valence-electron chi connectivity index (χ3n) is 4.38. The summed E-state index contributed by atoms with van der Waals surface area (Å²) in [4.78, 5) is 26.5. The number of hydrogen-bond acceptors (Lipinski definition) is 4. The number of carbonyl (C=O) groups excluding carboxylic acids is 2. The zero-order valence-electron chi connectivity index (χ0n) is 16.5. The summed E-state index contributed by atoms with van der Waals surface area (Å²) in [6.07, 6.45) is 0.939. The second-order valence-corrected chi connectivity index (χ2v) is 8.45. The minimum Gasteiger partial charge on any atom is -0.357 e. The predicted molar refractivity (Wildman–Crippen MR) is 109 cm³/mol. The van der Waals surface area contributed by atoms with Crippen LogP contribution in [0.4, 0.5) is 10.1 Å². The predicted octanol–water partition coefficient (Wildman–Crippen LogP) is 1.75. The fraction of sp³-hybridized carbons (Fsp3) is 0.300. The molecule has 0 radical (unpaired) electrons. The lowest BCUT2D eigenvalue weighted by molar-refractivity contribution is -0.139. The molecule has 0 aliphatic heterocycles. The van der Waals surface area contributed by atoms with Crippen LogP contribution in [0, 0.1) is 5.82 Å². The first kappa shape index (κ1) is 22.4. The van der Waals surface area contributed by atoms with Crippen LogP contribution in [0.25, 0.3) is 0 Å². The number of likely N-dealkylation sites (N-methyl/N-ethyl adjacent to an activating group) is 1. The van der Waals surface area contributed by atoms with E-state index in [2.05, 4.69) is 5.32 Å².